The van der Waals surface area contributed by atoms with E-state index in [1.54, 1.807) is 0 Å². The number of aromatic nitrogens is 2. The molecule has 2 aromatic rings. The molecule has 0 amide bonds. The van der Waals surface area contributed by atoms with E-state index < -0.39 is 0 Å². The van der Waals surface area contributed by atoms with E-state index in [9.17, 15) is 5.11 Å². The highest BCUT2D eigenvalue weighted by Gasteiger charge is 2.43. The maximum absolute atomic E-state index is 10.2. The maximum Gasteiger partial charge on any atom is 0.231 e. The Bertz CT molecular complexity index is 670. The second-order valence-electron chi connectivity index (χ2n) is 6.64. The molecule has 1 fully saturated rings. The Hall–Kier alpha value is -2.14. The fraction of sp³-hybridized carbons (Fsp3) is 0.444. The molecule has 0 aliphatic heterocycles. The summed E-state index contributed by atoms with van der Waals surface area (Å²) in [4.78, 5) is 11.0. The number of benzene rings is 1. The van der Waals surface area contributed by atoms with Crippen LogP contribution in [-0.2, 0) is 0 Å². The van der Waals surface area contributed by atoms with Crippen LogP contribution in [0.3, 0.4) is 0 Å². The second-order valence-corrected chi connectivity index (χ2v) is 6.64. The number of para-hydroxylation sites is 1. The zero-order valence-corrected chi connectivity index (χ0v) is 14.0. The fourth-order valence-electron chi connectivity index (χ4n) is 2.54. The highest BCUT2D eigenvalue weighted by molar-refractivity contribution is 5.57. The number of hydrogen-bond acceptors (Lipinski definition) is 5. The number of aliphatic hydroxyl groups excluding tert-OH is 1. The average Bonchev–Trinajstić information content (AvgIpc) is 3.31. The van der Waals surface area contributed by atoms with E-state index in [-0.39, 0.29) is 11.5 Å². The van der Waals surface area contributed by atoms with E-state index in [0.717, 1.165) is 30.0 Å². The van der Waals surface area contributed by atoms with Gasteiger partial charge in [-0.15, -0.1) is 0 Å². The van der Waals surface area contributed by atoms with E-state index >= 15 is 0 Å². The first-order valence-corrected chi connectivity index (χ1v) is 8.04. The quantitative estimate of drug-likeness (QED) is 0.858. The van der Waals surface area contributed by atoms with E-state index in [0.29, 0.717) is 12.5 Å². The van der Waals surface area contributed by atoms with Crippen molar-refractivity contribution in [3.63, 3.8) is 0 Å². The van der Waals surface area contributed by atoms with Crippen molar-refractivity contribution in [2.45, 2.75) is 32.8 Å². The van der Waals surface area contributed by atoms with E-state index in [2.05, 4.69) is 22.2 Å². The molecule has 0 bridgehead atoms. The number of nitrogens with zero attached hydrogens (tertiary/aromatic N) is 3. The number of hydrogen-bond donors (Lipinski definition) is 2. The molecule has 0 saturated heterocycles. The molecule has 1 saturated carbocycles. The minimum absolute atomic E-state index is 0.0821. The Balaban J connectivity index is 1.74. The molecule has 1 aromatic heterocycles. The number of anilines is 3. The molecule has 0 radical (unpaired) electrons. The van der Waals surface area contributed by atoms with Crippen LogP contribution in [0.15, 0.2) is 36.4 Å². The van der Waals surface area contributed by atoms with E-state index in [1.165, 1.54) is 0 Å². The molecule has 3 rings (SSSR count). The monoisotopic (exact) mass is 312 g/mol. The normalized spacial score (nSPS) is 16.7. The van der Waals surface area contributed by atoms with Crippen LogP contribution in [0.5, 0.6) is 0 Å². The van der Waals surface area contributed by atoms with Crippen LogP contribution in [0.1, 0.15) is 25.5 Å². The highest BCUT2D eigenvalue weighted by atomic mass is 16.3. The van der Waals surface area contributed by atoms with Crippen molar-refractivity contribution in [2.24, 2.45) is 5.41 Å². The smallest absolute Gasteiger partial charge is 0.231 e. The van der Waals surface area contributed by atoms with Crippen molar-refractivity contribution in [3.8, 4) is 0 Å². The van der Waals surface area contributed by atoms with Crippen molar-refractivity contribution in [2.75, 3.05) is 23.8 Å². The van der Waals surface area contributed by atoms with Crippen LogP contribution >= 0.6 is 0 Å². The lowest BCUT2D eigenvalue weighted by atomic mass is 10.0. The number of rotatable bonds is 6. The predicted octanol–water partition coefficient (Wildman–Crippen LogP) is 3.13. The molecule has 1 unspecified atom stereocenters. The van der Waals surface area contributed by atoms with Gasteiger partial charge in [0.1, 0.15) is 5.82 Å². The molecular weight excluding hydrogens is 288 g/mol. The topological polar surface area (TPSA) is 61.3 Å². The first-order valence-electron chi connectivity index (χ1n) is 8.04. The Labute approximate surface area is 137 Å². The largest absolute Gasteiger partial charge is 0.391 e. The highest BCUT2D eigenvalue weighted by Crippen LogP contribution is 2.48. The molecule has 122 valence electrons. The van der Waals surface area contributed by atoms with Gasteiger partial charge in [-0.05, 0) is 37.3 Å². The van der Waals surface area contributed by atoms with Crippen LogP contribution in [0.2, 0.25) is 0 Å². The van der Waals surface area contributed by atoms with Gasteiger partial charge < -0.3 is 15.3 Å². The van der Waals surface area contributed by atoms with Crippen LogP contribution in [0, 0.1) is 12.3 Å². The van der Waals surface area contributed by atoms with Crippen molar-refractivity contribution in [1.29, 1.82) is 0 Å². The Morgan fingerprint density at radius 3 is 2.61 bits per heavy atom. The summed E-state index contributed by atoms with van der Waals surface area (Å²) in [7, 11) is 1.95. The van der Waals surface area contributed by atoms with Gasteiger partial charge in [0.15, 0.2) is 0 Å². The standard InChI is InChI=1S/C18H24N4O/c1-13-11-16(19-12-15(23)18(2)9-10-18)21-17(20-13)22(3)14-7-5-4-6-8-14/h4-8,11,15,23H,9-10,12H2,1-3H3,(H,19,20,21). The third-order valence-electron chi connectivity index (χ3n) is 4.61. The zero-order valence-electron chi connectivity index (χ0n) is 14.0. The lowest BCUT2D eigenvalue weighted by molar-refractivity contribution is 0.115. The van der Waals surface area contributed by atoms with Gasteiger partial charge in [0.25, 0.3) is 0 Å². The summed E-state index contributed by atoms with van der Waals surface area (Å²) in [6, 6.07) is 11.9. The van der Waals surface area contributed by atoms with E-state index in [4.69, 9.17) is 0 Å². The van der Waals surface area contributed by atoms with Crippen LogP contribution < -0.4 is 10.2 Å². The lowest BCUT2D eigenvalue weighted by Gasteiger charge is -2.20. The van der Waals surface area contributed by atoms with Gasteiger partial charge in [-0.2, -0.15) is 4.98 Å². The molecule has 1 heterocycles. The minimum Gasteiger partial charge on any atom is -0.391 e. The van der Waals surface area contributed by atoms with Crippen molar-refractivity contribution in [3.05, 3.63) is 42.1 Å². The van der Waals surface area contributed by atoms with Crippen molar-refractivity contribution < 1.29 is 5.11 Å². The molecule has 23 heavy (non-hydrogen) atoms. The summed E-state index contributed by atoms with van der Waals surface area (Å²) in [6.45, 7) is 4.59. The predicted molar refractivity (Wildman–Crippen MR) is 93.1 cm³/mol. The second kappa shape index (κ2) is 6.16. The number of nitrogens with one attached hydrogen (secondary N) is 1. The summed E-state index contributed by atoms with van der Waals surface area (Å²) in [6.07, 6.45) is 1.86. The summed E-state index contributed by atoms with van der Waals surface area (Å²) < 4.78 is 0. The lowest BCUT2D eigenvalue weighted by Crippen LogP contribution is -2.28. The van der Waals surface area contributed by atoms with Crippen LogP contribution in [0.25, 0.3) is 0 Å². The van der Waals surface area contributed by atoms with Gasteiger partial charge >= 0.3 is 0 Å². The van der Waals surface area contributed by atoms with Gasteiger partial charge in [0, 0.05) is 31.0 Å². The Morgan fingerprint density at radius 2 is 1.96 bits per heavy atom. The van der Waals surface area contributed by atoms with Crippen molar-refractivity contribution >= 4 is 17.5 Å². The van der Waals surface area contributed by atoms with Gasteiger partial charge in [0.05, 0.1) is 6.10 Å². The zero-order chi connectivity index (χ0) is 16.4. The summed E-state index contributed by atoms with van der Waals surface area (Å²) in [5.74, 6) is 1.39. The Kier molecular flexibility index (Phi) is 4.22. The van der Waals surface area contributed by atoms with E-state index in [1.807, 2.05) is 55.3 Å². The third kappa shape index (κ3) is 3.62. The maximum atomic E-state index is 10.2. The summed E-state index contributed by atoms with van der Waals surface area (Å²) in [5, 5.41) is 13.5. The van der Waals surface area contributed by atoms with Crippen LogP contribution in [-0.4, -0.2) is 34.8 Å². The van der Waals surface area contributed by atoms with Gasteiger partial charge in [0.2, 0.25) is 5.95 Å². The third-order valence-corrected chi connectivity index (χ3v) is 4.61. The molecule has 1 aliphatic rings. The fourth-order valence-corrected chi connectivity index (χ4v) is 2.54. The molecule has 5 heteroatoms. The number of aliphatic hydroxyl groups is 1. The molecule has 2 N–H and O–H groups in total. The molecular formula is C18H24N4O. The van der Waals surface area contributed by atoms with Gasteiger partial charge in [-0.3, -0.25) is 0 Å². The van der Waals surface area contributed by atoms with Crippen LogP contribution in [0.4, 0.5) is 17.5 Å². The minimum atomic E-state index is -0.340. The molecule has 1 aromatic carbocycles. The molecule has 5 nitrogen and oxygen atoms in total. The molecule has 1 aliphatic carbocycles. The van der Waals surface area contributed by atoms with Gasteiger partial charge in [-0.25, -0.2) is 4.98 Å². The van der Waals surface area contributed by atoms with Crippen molar-refractivity contribution in [1.82, 2.24) is 9.97 Å². The summed E-state index contributed by atoms with van der Waals surface area (Å²) >= 11 is 0. The molecule has 0 spiro atoms. The summed E-state index contributed by atoms with van der Waals surface area (Å²) in [5.41, 5.74) is 2.01. The molecule has 1 atom stereocenters. The number of aryl methyl sites for hydroxylation is 1. The average molecular weight is 312 g/mol. The van der Waals surface area contributed by atoms with Gasteiger partial charge in [-0.1, -0.05) is 25.1 Å². The first kappa shape index (κ1) is 15.7. The first-order chi connectivity index (χ1) is 11.0. The SMILES string of the molecule is Cc1cc(NCC(O)C2(C)CC2)nc(N(C)c2ccccc2)n1. The Morgan fingerprint density at radius 1 is 1.26 bits per heavy atom.